The van der Waals surface area contributed by atoms with E-state index in [1.54, 1.807) is 0 Å². The van der Waals surface area contributed by atoms with Crippen LogP contribution in [0.3, 0.4) is 0 Å². The van der Waals surface area contributed by atoms with Crippen LogP contribution in [-0.2, 0) is 4.57 Å². The molecule has 0 saturated heterocycles. The van der Waals surface area contributed by atoms with Crippen LogP contribution in [0.4, 0.5) is 0 Å². The Kier molecular flexibility index (Phi) is 11.7. The molecule has 0 aromatic rings. The fourth-order valence-corrected chi connectivity index (χ4v) is 0. The first-order valence-electron chi connectivity index (χ1n) is 0.748. The van der Waals surface area contributed by atoms with Gasteiger partial charge in [0.1, 0.15) is 0 Å². The number of rotatable bonds is 0. The molecule has 0 aliphatic rings. The van der Waals surface area contributed by atoms with Gasteiger partial charge in [0.05, 0.1) is 7.82 Å². The fourth-order valence-electron chi connectivity index (χ4n) is 0. The van der Waals surface area contributed by atoms with Crippen LogP contribution in [0.15, 0.2) is 0 Å². The first kappa shape index (κ1) is 15.7. The van der Waals surface area contributed by atoms with Crippen molar-refractivity contribution in [3.05, 3.63) is 0 Å². The van der Waals surface area contributed by atoms with Crippen LogP contribution >= 0.6 is 7.82 Å². The molecule has 0 saturated carbocycles. The Morgan fingerprint density at radius 3 is 1.43 bits per heavy atom. The van der Waals surface area contributed by atoms with Gasteiger partial charge in [-0.05, 0) is 0 Å². The Bertz CT molecular complexity index is 54.2. The third-order valence-electron chi connectivity index (χ3n) is 0. The van der Waals surface area contributed by atoms with Crippen LogP contribution in [-0.4, -0.2) is 10.4 Å². The van der Waals surface area contributed by atoms with Crippen LogP contribution in [0, 0.1) is 0 Å². The molecular formula is H3NaO5P-. The topological polar surface area (TPSA) is 115 Å². The fraction of sp³-hybridized carbons (Fsp3) is 0. The summed E-state index contributed by atoms with van der Waals surface area (Å²) in [5.41, 5.74) is 0. The summed E-state index contributed by atoms with van der Waals surface area (Å²) in [6.07, 6.45) is 0. The number of hydrogen-bond acceptors (Lipinski definition) is 3. The van der Waals surface area contributed by atoms with Gasteiger partial charge in [0.2, 0.25) is 0 Å². The zero-order valence-electron chi connectivity index (χ0n) is 3.62. The molecule has 7 heteroatoms. The van der Waals surface area contributed by atoms with Gasteiger partial charge in [-0.3, -0.25) is 0 Å². The molecule has 0 aromatic carbocycles. The maximum Gasteiger partial charge on any atom is 1.00 e. The van der Waals surface area contributed by atoms with Gasteiger partial charge >= 0.3 is 29.6 Å². The standard InChI is InChI=1S/Na.H3O4P.H2O/c;1-5(2,3)4;/h;(H3,1,2,3,4);1H2/q+1;;/p-2. The van der Waals surface area contributed by atoms with Gasteiger partial charge in [-0.15, -0.1) is 0 Å². The van der Waals surface area contributed by atoms with Crippen molar-refractivity contribution in [1.82, 2.24) is 0 Å². The quantitative estimate of drug-likeness (QED) is 0.264. The molecule has 0 atom stereocenters. The second-order valence-electron chi connectivity index (χ2n) is 0.469. The van der Waals surface area contributed by atoms with Crippen molar-refractivity contribution < 1.29 is 54.3 Å². The third-order valence-corrected chi connectivity index (χ3v) is 0. The van der Waals surface area contributed by atoms with Gasteiger partial charge in [-0.2, -0.15) is 0 Å². The smallest absolute Gasteiger partial charge is 0.790 e. The van der Waals surface area contributed by atoms with Crippen LogP contribution < -0.4 is 39.3 Å². The molecule has 0 heterocycles. The molecule has 0 bridgehead atoms. The molecule has 0 fully saturated rings. The molecule has 0 spiro atoms. The van der Waals surface area contributed by atoms with Crippen molar-refractivity contribution >= 4 is 7.82 Å². The summed E-state index contributed by atoms with van der Waals surface area (Å²) in [5, 5.41) is 0. The van der Waals surface area contributed by atoms with Crippen molar-refractivity contribution in [2.24, 2.45) is 0 Å². The van der Waals surface area contributed by atoms with E-state index in [4.69, 9.17) is 19.2 Å². The Hall–Kier alpha value is 1.07. The van der Waals surface area contributed by atoms with E-state index >= 15 is 0 Å². The third kappa shape index (κ3) is 159. The van der Waals surface area contributed by atoms with Crippen molar-refractivity contribution in [3.8, 4) is 0 Å². The van der Waals surface area contributed by atoms with Crippen LogP contribution in [0.2, 0.25) is 0 Å². The molecule has 0 amide bonds. The molecule has 0 unspecified atom stereocenters. The van der Waals surface area contributed by atoms with Crippen molar-refractivity contribution in [3.63, 3.8) is 0 Å². The zero-order chi connectivity index (χ0) is 4.50. The molecule has 0 aliphatic carbocycles. The summed E-state index contributed by atoms with van der Waals surface area (Å²) in [5.74, 6) is 0. The van der Waals surface area contributed by atoms with Crippen LogP contribution in [0.5, 0.6) is 0 Å². The maximum absolute atomic E-state index is 8.66. The zero-order valence-corrected chi connectivity index (χ0v) is 6.51. The Morgan fingerprint density at radius 2 is 1.43 bits per heavy atom. The van der Waals surface area contributed by atoms with Gasteiger partial charge in [0.25, 0.3) is 0 Å². The summed E-state index contributed by atoms with van der Waals surface area (Å²) < 4.78 is 8.66. The minimum atomic E-state index is -5.14. The molecule has 3 N–H and O–H groups in total. The molecule has 7 heavy (non-hydrogen) atoms. The molecule has 0 radical (unpaired) electrons. The van der Waals surface area contributed by atoms with Gasteiger partial charge in [-0.25, -0.2) is 0 Å². The van der Waals surface area contributed by atoms with Gasteiger partial charge in [-0.1, -0.05) is 0 Å². The summed E-state index contributed by atoms with van der Waals surface area (Å²) in [6.45, 7) is 0. The predicted octanol–water partition coefficient (Wildman–Crippen LogP) is -6.01. The molecule has 0 aromatic heterocycles. The van der Waals surface area contributed by atoms with E-state index in [1.165, 1.54) is 0 Å². The molecular weight excluding hydrogens is 134 g/mol. The maximum atomic E-state index is 8.66. The van der Waals surface area contributed by atoms with Crippen LogP contribution in [0.1, 0.15) is 0 Å². The first-order valence-corrected chi connectivity index (χ1v) is 2.24. The van der Waals surface area contributed by atoms with Crippen molar-refractivity contribution in [1.29, 1.82) is 0 Å². The van der Waals surface area contributed by atoms with E-state index in [-0.39, 0.29) is 35.0 Å². The Morgan fingerprint density at radius 1 is 1.43 bits per heavy atom. The van der Waals surface area contributed by atoms with E-state index < -0.39 is 7.82 Å². The average molecular weight is 137 g/mol. The molecule has 40 valence electrons. The Labute approximate surface area is 62.2 Å². The normalized spacial score (nSPS) is 8.43. The van der Waals surface area contributed by atoms with Crippen molar-refractivity contribution in [2.75, 3.05) is 0 Å². The summed E-state index contributed by atoms with van der Waals surface area (Å²) in [7, 11) is -5.14. The van der Waals surface area contributed by atoms with Crippen LogP contribution in [0.25, 0.3) is 0 Å². The average Bonchev–Trinajstić information content (AvgIpc) is 0.722. The van der Waals surface area contributed by atoms with E-state index in [0.29, 0.717) is 0 Å². The van der Waals surface area contributed by atoms with E-state index in [0.717, 1.165) is 0 Å². The minimum Gasteiger partial charge on any atom is -0.790 e. The minimum absolute atomic E-state index is 0. The summed E-state index contributed by atoms with van der Waals surface area (Å²) in [6, 6.07) is 0. The number of hydrogen-bond donors (Lipinski definition) is 1. The second-order valence-corrected chi connectivity index (χ2v) is 1.41. The first-order chi connectivity index (χ1) is 2.00. The monoisotopic (exact) mass is 137 g/mol. The largest absolute Gasteiger partial charge is 1.00 e. The van der Waals surface area contributed by atoms with E-state index in [1.807, 2.05) is 0 Å². The van der Waals surface area contributed by atoms with Gasteiger partial charge < -0.3 is 24.7 Å². The van der Waals surface area contributed by atoms with E-state index in [9.17, 15) is 0 Å². The predicted molar refractivity (Wildman–Crippen MR) is 13.4 cm³/mol. The summed E-state index contributed by atoms with van der Waals surface area (Å²) in [4.78, 5) is 24.3. The van der Waals surface area contributed by atoms with Gasteiger partial charge in [0, 0.05) is 0 Å². The van der Waals surface area contributed by atoms with Gasteiger partial charge in [0.15, 0.2) is 0 Å². The molecule has 5 nitrogen and oxygen atoms in total. The molecule has 0 rings (SSSR count). The summed E-state index contributed by atoms with van der Waals surface area (Å²) >= 11 is 0. The molecule has 0 aliphatic heterocycles. The second kappa shape index (κ2) is 5.21. The SMILES string of the molecule is O.O=P([O-])([O-])O.[Na+]. The van der Waals surface area contributed by atoms with E-state index in [2.05, 4.69) is 0 Å². The van der Waals surface area contributed by atoms with Crippen molar-refractivity contribution in [2.45, 2.75) is 0 Å². The number of phosphoric acid groups is 1. The Balaban J connectivity index is -0.0000000800.